The lowest BCUT2D eigenvalue weighted by Gasteiger charge is -2.26. The Morgan fingerprint density at radius 3 is 2.44 bits per heavy atom. The van der Waals surface area contributed by atoms with E-state index < -0.39 is 5.97 Å². The highest BCUT2D eigenvalue weighted by Gasteiger charge is 2.38. The fourth-order valence-electron chi connectivity index (χ4n) is 3.18. The van der Waals surface area contributed by atoms with Crippen LogP contribution < -0.4 is 5.32 Å². The third-order valence-corrected chi connectivity index (χ3v) is 4.82. The van der Waals surface area contributed by atoms with Gasteiger partial charge < -0.3 is 15.3 Å². The highest BCUT2D eigenvalue weighted by Crippen LogP contribution is 2.32. The van der Waals surface area contributed by atoms with Gasteiger partial charge in [-0.15, -0.1) is 0 Å². The number of hydrogen-bond acceptors (Lipinski definition) is 3. The number of amides is 1. The zero-order valence-corrected chi connectivity index (χ0v) is 14.5. The Hall–Kier alpha value is -2.37. The number of benzene rings is 2. The van der Waals surface area contributed by atoms with Crippen LogP contribution in [-0.2, 0) is 11.3 Å². The molecule has 0 spiro atoms. The molecule has 0 aliphatic carbocycles. The highest BCUT2D eigenvalue weighted by atomic mass is 35.5. The summed E-state index contributed by atoms with van der Waals surface area (Å²) in [5.74, 6) is -0.844. The first-order valence-electron chi connectivity index (χ1n) is 8.02. The Morgan fingerprint density at radius 1 is 1.20 bits per heavy atom. The van der Waals surface area contributed by atoms with Crippen molar-refractivity contribution in [3.8, 4) is 0 Å². The predicted molar refractivity (Wildman–Crippen MR) is 95.6 cm³/mol. The molecule has 1 fully saturated rings. The van der Waals surface area contributed by atoms with Gasteiger partial charge in [0.1, 0.15) is 0 Å². The molecule has 2 aromatic rings. The zero-order valence-electron chi connectivity index (χ0n) is 13.8. The van der Waals surface area contributed by atoms with E-state index in [9.17, 15) is 9.59 Å². The first kappa shape index (κ1) is 17.5. The van der Waals surface area contributed by atoms with Crippen molar-refractivity contribution in [3.05, 3.63) is 70.2 Å². The minimum atomic E-state index is -0.940. The Morgan fingerprint density at radius 2 is 1.84 bits per heavy atom. The number of rotatable bonds is 5. The number of nitrogens with zero attached hydrogens (tertiary/aromatic N) is 1. The second-order valence-corrected chi connectivity index (χ2v) is 6.63. The maximum absolute atomic E-state index is 12.2. The van der Waals surface area contributed by atoms with Gasteiger partial charge in [-0.05, 0) is 35.4 Å². The van der Waals surface area contributed by atoms with Crippen molar-refractivity contribution in [2.75, 3.05) is 7.05 Å². The van der Waals surface area contributed by atoms with E-state index in [-0.39, 0.29) is 23.6 Å². The number of carboxylic acids is 1. The quantitative estimate of drug-likeness (QED) is 0.861. The molecule has 2 unspecified atom stereocenters. The summed E-state index contributed by atoms with van der Waals surface area (Å²) < 4.78 is 0. The van der Waals surface area contributed by atoms with Gasteiger partial charge in [-0.25, -0.2) is 4.79 Å². The molecule has 1 aliphatic heterocycles. The van der Waals surface area contributed by atoms with Crippen molar-refractivity contribution >= 4 is 23.5 Å². The molecule has 1 heterocycles. The molecule has 0 bridgehead atoms. The standard InChI is InChI=1S/C19H19ClN2O3/c1-22-17(23)10-16(18(22)13-6-8-15(20)9-7-13)21-11-12-2-4-14(5-3-12)19(24)25/h2-9,16,18,21H,10-11H2,1H3,(H,24,25). The van der Waals surface area contributed by atoms with E-state index in [0.29, 0.717) is 18.0 Å². The molecule has 3 rings (SSSR count). The van der Waals surface area contributed by atoms with Crippen LogP contribution in [-0.4, -0.2) is 35.0 Å². The lowest BCUT2D eigenvalue weighted by atomic mass is 10.00. The molecule has 2 aromatic carbocycles. The molecule has 0 saturated carbocycles. The molecular weight excluding hydrogens is 340 g/mol. The van der Waals surface area contributed by atoms with Crippen molar-refractivity contribution < 1.29 is 14.7 Å². The Balaban J connectivity index is 1.72. The first-order valence-corrected chi connectivity index (χ1v) is 8.40. The third kappa shape index (κ3) is 3.83. The molecular formula is C19H19ClN2O3. The Kier molecular flexibility index (Phi) is 5.06. The number of nitrogens with one attached hydrogen (secondary N) is 1. The summed E-state index contributed by atoms with van der Waals surface area (Å²) in [6.45, 7) is 0.565. The average Bonchev–Trinajstić information content (AvgIpc) is 2.89. The van der Waals surface area contributed by atoms with E-state index in [1.165, 1.54) is 0 Å². The van der Waals surface area contributed by atoms with E-state index in [2.05, 4.69) is 5.32 Å². The maximum Gasteiger partial charge on any atom is 0.335 e. The summed E-state index contributed by atoms with van der Waals surface area (Å²) in [6.07, 6.45) is 0.428. The second-order valence-electron chi connectivity index (χ2n) is 6.19. The molecule has 5 nitrogen and oxygen atoms in total. The molecule has 1 saturated heterocycles. The lowest BCUT2D eigenvalue weighted by molar-refractivity contribution is -0.127. The fraction of sp³-hybridized carbons (Fsp3) is 0.263. The van der Waals surface area contributed by atoms with Crippen molar-refractivity contribution in [2.45, 2.75) is 25.0 Å². The topological polar surface area (TPSA) is 69.6 Å². The monoisotopic (exact) mass is 358 g/mol. The summed E-state index contributed by atoms with van der Waals surface area (Å²) in [6, 6.07) is 14.2. The Labute approximate surface area is 151 Å². The normalized spacial score (nSPS) is 20.1. The smallest absolute Gasteiger partial charge is 0.335 e. The van der Waals surface area contributed by atoms with Crippen molar-refractivity contribution in [3.63, 3.8) is 0 Å². The van der Waals surface area contributed by atoms with E-state index >= 15 is 0 Å². The molecule has 6 heteroatoms. The van der Waals surface area contributed by atoms with Crippen LogP contribution in [0.4, 0.5) is 0 Å². The summed E-state index contributed by atoms with van der Waals surface area (Å²) >= 11 is 5.96. The number of carboxylic acid groups (broad SMARTS) is 1. The van der Waals surface area contributed by atoms with Crippen LogP contribution in [0.25, 0.3) is 0 Å². The predicted octanol–water partition coefficient (Wildman–Crippen LogP) is 3.10. The van der Waals surface area contributed by atoms with E-state index in [0.717, 1.165) is 11.1 Å². The van der Waals surface area contributed by atoms with Crippen LogP contribution in [0.1, 0.15) is 33.9 Å². The van der Waals surface area contributed by atoms with Gasteiger partial charge in [0, 0.05) is 31.1 Å². The van der Waals surface area contributed by atoms with Crippen LogP contribution in [0.15, 0.2) is 48.5 Å². The number of hydrogen-bond donors (Lipinski definition) is 2. The highest BCUT2D eigenvalue weighted by molar-refractivity contribution is 6.30. The maximum atomic E-state index is 12.2. The van der Waals surface area contributed by atoms with Crippen molar-refractivity contribution in [1.82, 2.24) is 10.2 Å². The largest absolute Gasteiger partial charge is 0.478 e. The summed E-state index contributed by atoms with van der Waals surface area (Å²) in [4.78, 5) is 24.8. The second kappa shape index (κ2) is 7.25. The molecule has 130 valence electrons. The lowest BCUT2D eigenvalue weighted by Crippen LogP contribution is -2.34. The fourth-order valence-corrected chi connectivity index (χ4v) is 3.31. The number of likely N-dealkylation sites (N-methyl/N-ethyl adjacent to an activating group) is 1. The Bertz CT molecular complexity index is 774. The van der Waals surface area contributed by atoms with Crippen LogP contribution >= 0.6 is 11.6 Å². The molecule has 2 atom stereocenters. The van der Waals surface area contributed by atoms with E-state index in [4.69, 9.17) is 16.7 Å². The molecule has 1 amide bonds. The van der Waals surface area contributed by atoms with E-state index in [1.54, 1.807) is 29.2 Å². The van der Waals surface area contributed by atoms with Gasteiger partial charge in [-0.3, -0.25) is 4.79 Å². The molecule has 0 radical (unpaired) electrons. The molecule has 1 aliphatic rings. The third-order valence-electron chi connectivity index (χ3n) is 4.57. The minimum Gasteiger partial charge on any atom is -0.478 e. The SMILES string of the molecule is CN1C(=O)CC(NCc2ccc(C(=O)O)cc2)C1c1ccc(Cl)cc1. The van der Waals surface area contributed by atoms with E-state index in [1.807, 2.05) is 31.3 Å². The summed E-state index contributed by atoms with van der Waals surface area (Å²) in [5, 5.41) is 13.0. The van der Waals surface area contributed by atoms with Gasteiger partial charge in [0.15, 0.2) is 0 Å². The number of carbonyl (C=O) groups excluding carboxylic acids is 1. The summed E-state index contributed by atoms with van der Waals surface area (Å²) in [5.41, 5.74) is 2.27. The van der Waals surface area contributed by atoms with Gasteiger partial charge in [-0.2, -0.15) is 0 Å². The van der Waals surface area contributed by atoms with Crippen molar-refractivity contribution in [2.24, 2.45) is 0 Å². The molecule has 25 heavy (non-hydrogen) atoms. The number of carbonyl (C=O) groups is 2. The van der Waals surface area contributed by atoms with Crippen LogP contribution in [0.2, 0.25) is 5.02 Å². The summed E-state index contributed by atoms with van der Waals surface area (Å²) in [7, 11) is 1.81. The molecule has 2 N–H and O–H groups in total. The first-order chi connectivity index (χ1) is 12.0. The van der Waals surface area contributed by atoms with Crippen LogP contribution in [0.5, 0.6) is 0 Å². The molecule has 0 aromatic heterocycles. The number of halogens is 1. The minimum absolute atomic E-state index is 0.0159. The number of likely N-dealkylation sites (tertiary alicyclic amines) is 1. The van der Waals surface area contributed by atoms with Gasteiger partial charge in [-0.1, -0.05) is 35.9 Å². The van der Waals surface area contributed by atoms with Crippen LogP contribution in [0, 0.1) is 0 Å². The number of aromatic carboxylic acids is 1. The van der Waals surface area contributed by atoms with Gasteiger partial charge in [0.05, 0.1) is 11.6 Å². The average molecular weight is 359 g/mol. The van der Waals surface area contributed by atoms with Gasteiger partial charge in [0.25, 0.3) is 0 Å². The van der Waals surface area contributed by atoms with Gasteiger partial charge in [0.2, 0.25) is 5.91 Å². The van der Waals surface area contributed by atoms with Crippen LogP contribution in [0.3, 0.4) is 0 Å². The zero-order chi connectivity index (χ0) is 18.0. The van der Waals surface area contributed by atoms with Gasteiger partial charge >= 0.3 is 5.97 Å². The van der Waals surface area contributed by atoms with Crippen molar-refractivity contribution in [1.29, 1.82) is 0 Å².